The fourth-order valence-corrected chi connectivity index (χ4v) is 1.53. The van der Waals surface area contributed by atoms with Crippen LogP contribution in [-0.2, 0) is 9.53 Å². The Labute approximate surface area is 102 Å². The topological polar surface area (TPSA) is 38.3 Å². The van der Waals surface area contributed by atoms with Crippen LogP contribution in [0.5, 0.6) is 0 Å². The van der Waals surface area contributed by atoms with Gasteiger partial charge in [-0.2, -0.15) is 0 Å². The maximum absolute atomic E-state index is 13.0. The number of hydrogen-bond acceptors (Lipinski definition) is 3. The standard InChI is InChI=1S/C11H13BrFNO2/c1-3-16-11(15)7(2)14-10-6-8(13)4-5-9(10)12/h4-7,14H,3H2,1-2H3. The van der Waals surface area contributed by atoms with Crippen molar-refractivity contribution in [2.45, 2.75) is 19.9 Å². The number of halogens is 2. The van der Waals surface area contributed by atoms with Gasteiger partial charge in [0.1, 0.15) is 11.9 Å². The highest BCUT2D eigenvalue weighted by Crippen LogP contribution is 2.23. The van der Waals surface area contributed by atoms with Gasteiger partial charge in [-0.3, -0.25) is 0 Å². The molecule has 0 fully saturated rings. The SMILES string of the molecule is CCOC(=O)C(C)Nc1cc(F)ccc1Br. The summed E-state index contributed by atoms with van der Waals surface area (Å²) < 4.78 is 18.5. The highest BCUT2D eigenvalue weighted by Gasteiger charge is 2.14. The summed E-state index contributed by atoms with van der Waals surface area (Å²) in [6.07, 6.45) is 0. The molecule has 0 aliphatic heterocycles. The number of hydrogen-bond donors (Lipinski definition) is 1. The Morgan fingerprint density at radius 1 is 1.62 bits per heavy atom. The summed E-state index contributed by atoms with van der Waals surface area (Å²) in [5.74, 6) is -0.722. The number of esters is 1. The summed E-state index contributed by atoms with van der Waals surface area (Å²) in [7, 11) is 0. The summed E-state index contributed by atoms with van der Waals surface area (Å²) in [6.45, 7) is 3.73. The van der Waals surface area contributed by atoms with Gasteiger partial charge >= 0.3 is 5.97 Å². The van der Waals surface area contributed by atoms with Crippen LogP contribution in [0.15, 0.2) is 22.7 Å². The highest BCUT2D eigenvalue weighted by molar-refractivity contribution is 9.10. The summed E-state index contributed by atoms with van der Waals surface area (Å²) in [6, 6.07) is 3.72. The molecule has 1 atom stereocenters. The maximum Gasteiger partial charge on any atom is 0.328 e. The maximum atomic E-state index is 13.0. The molecule has 0 spiro atoms. The van der Waals surface area contributed by atoms with Crippen LogP contribution in [0.1, 0.15) is 13.8 Å². The molecule has 16 heavy (non-hydrogen) atoms. The number of nitrogens with one attached hydrogen (secondary N) is 1. The molecule has 0 saturated heterocycles. The lowest BCUT2D eigenvalue weighted by atomic mass is 10.2. The van der Waals surface area contributed by atoms with E-state index in [0.29, 0.717) is 16.8 Å². The van der Waals surface area contributed by atoms with Crippen molar-refractivity contribution in [1.82, 2.24) is 0 Å². The van der Waals surface area contributed by atoms with Crippen LogP contribution in [-0.4, -0.2) is 18.6 Å². The average Bonchev–Trinajstić information content (AvgIpc) is 2.23. The van der Waals surface area contributed by atoms with Gasteiger partial charge in [0.2, 0.25) is 0 Å². The molecule has 1 N–H and O–H groups in total. The molecule has 0 bridgehead atoms. The normalized spacial score (nSPS) is 12.0. The van der Waals surface area contributed by atoms with Crippen molar-refractivity contribution >= 4 is 27.6 Å². The number of ether oxygens (including phenoxy) is 1. The molecule has 0 aliphatic rings. The fourth-order valence-electron chi connectivity index (χ4n) is 1.17. The second-order valence-electron chi connectivity index (χ2n) is 3.24. The van der Waals surface area contributed by atoms with Gasteiger partial charge in [-0.25, -0.2) is 9.18 Å². The lowest BCUT2D eigenvalue weighted by Gasteiger charge is -2.15. The minimum Gasteiger partial charge on any atom is -0.464 e. The van der Waals surface area contributed by atoms with Crippen LogP contribution in [0.3, 0.4) is 0 Å². The number of benzene rings is 1. The minimum atomic E-state index is -0.516. The van der Waals surface area contributed by atoms with E-state index in [-0.39, 0.29) is 11.8 Å². The van der Waals surface area contributed by atoms with Gasteiger partial charge in [0.25, 0.3) is 0 Å². The van der Waals surface area contributed by atoms with E-state index in [9.17, 15) is 9.18 Å². The van der Waals surface area contributed by atoms with E-state index >= 15 is 0 Å². The molecular weight excluding hydrogens is 277 g/mol. The predicted octanol–water partition coefficient (Wildman–Crippen LogP) is 2.95. The zero-order valence-corrected chi connectivity index (χ0v) is 10.7. The van der Waals surface area contributed by atoms with Crippen molar-refractivity contribution < 1.29 is 13.9 Å². The van der Waals surface area contributed by atoms with Gasteiger partial charge in [-0.15, -0.1) is 0 Å². The van der Waals surface area contributed by atoms with E-state index in [4.69, 9.17) is 4.74 Å². The van der Waals surface area contributed by atoms with E-state index in [1.54, 1.807) is 19.9 Å². The fraction of sp³-hybridized carbons (Fsp3) is 0.364. The second-order valence-corrected chi connectivity index (χ2v) is 4.10. The zero-order valence-electron chi connectivity index (χ0n) is 9.09. The first-order chi connectivity index (χ1) is 7.54. The molecular formula is C11H13BrFNO2. The number of carbonyl (C=O) groups is 1. The molecule has 0 aliphatic carbocycles. The van der Waals surface area contributed by atoms with E-state index < -0.39 is 6.04 Å². The van der Waals surface area contributed by atoms with Gasteiger partial charge in [0.05, 0.1) is 12.3 Å². The van der Waals surface area contributed by atoms with Gasteiger partial charge in [-0.1, -0.05) is 0 Å². The van der Waals surface area contributed by atoms with Gasteiger partial charge in [0.15, 0.2) is 0 Å². The van der Waals surface area contributed by atoms with Crippen LogP contribution >= 0.6 is 15.9 Å². The second kappa shape index (κ2) is 5.84. The molecule has 0 amide bonds. The summed E-state index contributed by atoms with van der Waals surface area (Å²) in [4.78, 5) is 11.3. The number of anilines is 1. The third-order valence-corrected chi connectivity index (χ3v) is 2.63. The van der Waals surface area contributed by atoms with Crippen molar-refractivity contribution in [3.05, 3.63) is 28.5 Å². The molecule has 0 heterocycles. The van der Waals surface area contributed by atoms with Crippen LogP contribution in [0, 0.1) is 5.82 Å². The Hall–Kier alpha value is -1.10. The predicted molar refractivity (Wildman–Crippen MR) is 63.8 cm³/mol. The molecule has 5 heteroatoms. The van der Waals surface area contributed by atoms with E-state index in [1.807, 2.05) is 0 Å². The van der Waals surface area contributed by atoms with Crippen molar-refractivity contribution in [2.75, 3.05) is 11.9 Å². The molecule has 0 saturated carbocycles. The zero-order chi connectivity index (χ0) is 12.1. The van der Waals surface area contributed by atoms with Gasteiger partial charge in [0, 0.05) is 4.47 Å². The van der Waals surface area contributed by atoms with Crippen molar-refractivity contribution in [3.8, 4) is 0 Å². The molecule has 0 aromatic heterocycles. The monoisotopic (exact) mass is 289 g/mol. The van der Waals surface area contributed by atoms with Crippen molar-refractivity contribution in [3.63, 3.8) is 0 Å². The summed E-state index contributed by atoms with van der Waals surface area (Å²) in [5.41, 5.74) is 0.528. The highest BCUT2D eigenvalue weighted by atomic mass is 79.9. The molecule has 1 unspecified atom stereocenters. The molecule has 1 rings (SSSR count). The summed E-state index contributed by atoms with van der Waals surface area (Å²) >= 11 is 3.27. The lowest BCUT2D eigenvalue weighted by Crippen LogP contribution is -2.28. The van der Waals surface area contributed by atoms with Crippen LogP contribution in [0.4, 0.5) is 10.1 Å². The minimum absolute atomic E-state index is 0.329. The quantitative estimate of drug-likeness (QED) is 0.866. The molecule has 3 nitrogen and oxygen atoms in total. The van der Waals surface area contributed by atoms with Crippen molar-refractivity contribution in [1.29, 1.82) is 0 Å². The van der Waals surface area contributed by atoms with Gasteiger partial charge in [-0.05, 0) is 48.0 Å². The Bertz CT molecular complexity index is 384. The molecule has 0 radical (unpaired) electrons. The Morgan fingerprint density at radius 2 is 2.31 bits per heavy atom. The first kappa shape index (κ1) is 13.0. The average molecular weight is 290 g/mol. The molecule has 1 aromatic rings. The summed E-state index contributed by atoms with van der Waals surface area (Å²) in [5, 5.41) is 2.87. The first-order valence-corrected chi connectivity index (χ1v) is 5.72. The smallest absolute Gasteiger partial charge is 0.328 e. The van der Waals surface area contributed by atoms with Gasteiger partial charge < -0.3 is 10.1 Å². The van der Waals surface area contributed by atoms with E-state index in [2.05, 4.69) is 21.2 Å². The largest absolute Gasteiger partial charge is 0.464 e. The number of rotatable bonds is 4. The van der Waals surface area contributed by atoms with Crippen molar-refractivity contribution in [2.24, 2.45) is 0 Å². The Balaban J connectivity index is 2.72. The molecule has 1 aromatic carbocycles. The number of carbonyl (C=O) groups excluding carboxylic acids is 1. The van der Waals surface area contributed by atoms with Crippen LogP contribution < -0.4 is 5.32 Å². The van der Waals surface area contributed by atoms with Crippen LogP contribution in [0.25, 0.3) is 0 Å². The third kappa shape index (κ3) is 3.48. The first-order valence-electron chi connectivity index (χ1n) is 4.92. The Kier molecular flexibility index (Phi) is 4.73. The molecule has 88 valence electrons. The van der Waals surface area contributed by atoms with E-state index in [0.717, 1.165) is 0 Å². The van der Waals surface area contributed by atoms with E-state index in [1.165, 1.54) is 12.1 Å². The lowest BCUT2D eigenvalue weighted by molar-refractivity contribution is -0.143. The van der Waals surface area contributed by atoms with Crippen LogP contribution in [0.2, 0.25) is 0 Å². The Morgan fingerprint density at radius 3 is 2.94 bits per heavy atom. The third-order valence-electron chi connectivity index (χ3n) is 1.94.